The minimum Gasteiger partial charge on any atom is -0.470 e. The SMILES string of the molecule is N=C(N)c1ccc(OC(C(F)(F)F)C(F)(F)F)cn1. The van der Waals surface area contributed by atoms with Crippen LogP contribution < -0.4 is 10.5 Å². The Morgan fingerprint density at radius 1 is 1.16 bits per heavy atom. The van der Waals surface area contributed by atoms with Gasteiger partial charge in [-0.3, -0.25) is 5.41 Å². The normalized spacial score (nSPS) is 12.6. The third kappa shape index (κ3) is 4.00. The van der Waals surface area contributed by atoms with Gasteiger partial charge in [-0.2, -0.15) is 26.3 Å². The van der Waals surface area contributed by atoms with Gasteiger partial charge in [0.1, 0.15) is 17.3 Å². The number of alkyl halides is 6. The zero-order valence-corrected chi connectivity index (χ0v) is 9.01. The van der Waals surface area contributed by atoms with E-state index in [0.717, 1.165) is 12.1 Å². The molecular formula is C9H7F6N3O. The summed E-state index contributed by atoms with van der Waals surface area (Å²) in [6, 6.07) is 1.79. The molecule has 0 saturated heterocycles. The number of nitrogens with zero attached hydrogens (tertiary/aromatic N) is 1. The minimum absolute atomic E-state index is 0.0945. The Bertz CT molecular complexity index is 439. The summed E-state index contributed by atoms with van der Waals surface area (Å²) in [5, 5.41) is 6.96. The first-order chi connectivity index (χ1) is 8.51. The number of ether oxygens (including phenoxy) is 1. The lowest BCUT2D eigenvalue weighted by atomic mass is 10.3. The van der Waals surface area contributed by atoms with Crippen molar-refractivity contribution in [3.63, 3.8) is 0 Å². The van der Waals surface area contributed by atoms with Crippen molar-refractivity contribution in [1.82, 2.24) is 4.98 Å². The molecule has 4 nitrogen and oxygen atoms in total. The number of aromatic nitrogens is 1. The quantitative estimate of drug-likeness (QED) is 0.509. The molecule has 0 bridgehead atoms. The highest BCUT2D eigenvalue weighted by atomic mass is 19.4. The van der Waals surface area contributed by atoms with Crippen molar-refractivity contribution < 1.29 is 31.1 Å². The van der Waals surface area contributed by atoms with Gasteiger partial charge >= 0.3 is 12.4 Å². The number of hydrogen-bond acceptors (Lipinski definition) is 3. The molecule has 3 N–H and O–H groups in total. The molecule has 1 rings (SSSR count). The molecule has 0 radical (unpaired) electrons. The number of halogens is 6. The summed E-state index contributed by atoms with van der Waals surface area (Å²) < 4.78 is 77.0. The maximum Gasteiger partial charge on any atom is 0.434 e. The zero-order chi connectivity index (χ0) is 14.8. The van der Waals surface area contributed by atoms with Gasteiger partial charge in [0.2, 0.25) is 0 Å². The van der Waals surface area contributed by atoms with Crippen molar-refractivity contribution in [2.75, 3.05) is 0 Å². The molecule has 0 aliphatic heterocycles. The van der Waals surface area contributed by atoms with Gasteiger partial charge in [0, 0.05) is 0 Å². The smallest absolute Gasteiger partial charge is 0.434 e. The van der Waals surface area contributed by atoms with Crippen LogP contribution in [0.2, 0.25) is 0 Å². The van der Waals surface area contributed by atoms with Gasteiger partial charge < -0.3 is 10.5 Å². The average molecular weight is 287 g/mol. The summed E-state index contributed by atoms with van der Waals surface area (Å²) in [5.74, 6) is -1.21. The third-order valence-corrected chi connectivity index (χ3v) is 1.86. The second kappa shape index (κ2) is 4.94. The van der Waals surface area contributed by atoms with Gasteiger partial charge in [-0.1, -0.05) is 0 Å². The van der Waals surface area contributed by atoms with Crippen LogP contribution in [0.1, 0.15) is 5.69 Å². The first-order valence-electron chi connectivity index (χ1n) is 4.62. The number of pyridine rings is 1. The highest BCUT2D eigenvalue weighted by molar-refractivity contribution is 5.92. The topological polar surface area (TPSA) is 72.0 Å². The molecule has 1 aromatic rings. The predicted octanol–water partition coefficient (Wildman–Crippen LogP) is 2.24. The molecule has 0 aromatic carbocycles. The van der Waals surface area contributed by atoms with Crippen LogP contribution in [0.3, 0.4) is 0 Å². The van der Waals surface area contributed by atoms with Gasteiger partial charge in [-0.15, -0.1) is 0 Å². The Balaban J connectivity index is 2.95. The first-order valence-corrected chi connectivity index (χ1v) is 4.62. The lowest BCUT2D eigenvalue weighted by Gasteiger charge is -2.23. The van der Waals surface area contributed by atoms with E-state index in [1.807, 2.05) is 0 Å². The molecule has 0 atom stereocenters. The number of nitrogens with one attached hydrogen (secondary N) is 1. The van der Waals surface area contributed by atoms with Gasteiger partial charge in [-0.05, 0) is 12.1 Å². The molecule has 0 fully saturated rings. The van der Waals surface area contributed by atoms with Crippen LogP contribution in [-0.4, -0.2) is 29.3 Å². The zero-order valence-electron chi connectivity index (χ0n) is 9.01. The maximum atomic E-state index is 12.2. The lowest BCUT2D eigenvalue weighted by Crippen LogP contribution is -2.46. The van der Waals surface area contributed by atoms with Crippen molar-refractivity contribution in [2.45, 2.75) is 18.5 Å². The Hall–Kier alpha value is -2.00. The van der Waals surface area contributed by atoms with Gasteiger partial charge in [0.15, 0.2) is 0 Å². The van der Waals surface area contributed by atoms with Crippen molar-refractivity contribution in [3.8, 4) is 5.75 Å². The molecule has 0 unspecified atom stereocenters. The van der Waals surface area contributed by atoms with Gasteiger partial charge in [0.25, 0.3) is 6.10 Å². The van der Waals surface area contributed by atoms with E-state index in [-0.39, 0.29) is 5.69 Å². The first kappa shape index (κ1) is 15.1. The van der Waals surface area contributed by atoms with Crippen LogP contribution in [0.15, 0.2) is 18.3 Å². The molecule has 19 heavy (non-hydrogen) atoms. The Kier molecular flexibility index (Phi) is 3.91. The second-order valence-electron chi connectivity index (χ2n) is 3.37. The number of rotatable bonds is 3. The van der Waals surface area contributed by atoms with E-state index in [1.54, 1.807) is 0 Å². The Morgan fingerprint density at radius 3 is 2.00 bits per heavy atom. The van der Waals surface area contributed by atoms with Crippen LogP contribution in [0.4, 0.5) is 26.3 Å². The summed E-state index contributed by atoms with van der Waals surface area (Å²) in [7, 11) is 0. The number of hydrogen-bond donors (Lipinski definition) is 2. The van der Waals surface area contributed by atoms with Crippen LogP contribution in [-0.2, 0) is 0 Å². The molecule has 1 heterocycles. The van der Waals surface area contributed by atoms with E-state index in [1.165, 1.54) is 0 Å². The fourth-order valence-corrected chi connectivity index (χ4v) is 1.06. The van der Waals surface area contributed by atoms with E-state index < -0.39 is 30.0 Å². The lowest BCUT2D eigenvalue weighted by molar-refractivity contribution is -0.299. The fourth-order valence-electron chi connectivity index (χ4n) is 1.06. The van der Waals surface area contributed by atoms with Crippen LogP contribution in [0.5, 0.6) is 5.75 Å². The second-order valence-corrected chi connectivity index (χ2v) is 3.37. The summed E-state index contributed by atoms with van der Waals surface area (Å²) in [6.07, 6.45) is -14.5. The molecule has 0 spiro atoms. The van der Waals surface area contributed by atoms with Crippen molar-refractivity contribution in [3.05, 3.63) is 24.0 Å². The molecule has 0 aliphatic rings. The maximum absolute atomic E-state index is 12.2. The number of nitrogen functional groups attached to an aromatic ring is 1. The van der Waals surface area contributed by atoms with Gasteiger partial charge in [0.05, 0.1) is 6.20 Å². The summed E-state index contributed by atoms with van der Waals surface area (Å²) in [5.41, 5.74) is 4.93. The summed E-state index contributed by atoms with van der Waals surface area (Å²) in [4.78, 5) is 3.39. The van der Waals surface area contributed by atoms with E-state index in [0.29, 0.717) is 6.20 Å². The van der Waals surface area contributed by atoms with E-state index in [4.69, 9.17) is 11.1 Å². The van der Waals surface area contributed by atoms with Crippen molar-refractivity contribution in [1.29, 1.82) is 5.41 Å². The molecule has 0 aliphatic carbocycles. The van der Waals surface area contributed by atoms with Crippen LogP contribution in [0.25, 0.3) is 0 Å². The average Bonchev–Trinajstić information content (AvgIpc) is 2.23. The van der Waals surface area contributed by atoms with Gasteiger partial charge in [-0.25, -0.2) is 4.98 Å². The van der Waals surface area contributed by atoms with Crippen molar-refractivity contribution >= 4 is 5.84 Å². The number of nitrogens with two attached hydrogens (primary N) is 1. The van der Waals surface area contributed by atoms with E-state index in [2.05, 4.69) is 9.72 Å². The standard InChI is InChI=1S/C9H7F6N3O/c10-8(11,12)7(9(13,14)15)19-4-1-2-5(6(16)17)18-3-4/h1-3,7H,(H3,16,17). The van der Waals surface area contributed by atoms with Crippen molar-refractivity contribution in [2.24, 2.45) is 5.73 Å². The molecular weight excluding hydrogens is 280 g/mol. The molecule has 10 heteroatoms. The highest BCUT2D eigenvalue weighted by Crippen LogP contribution is 2.36. The summed E-state index contributed by atoms with van der Waals surface area (Å²) >= 11 is 0. The molecule has 0 saturated carbocycles. The summed E-state index contributed by atoms with van der Waals surface area (Å²) in [6.45, 7) is 0. The van der Waals surface area contributed by atoms with Crippen LogP contribution >= 0.6 is 0 Å². The monoisotopic (exact) mass is 287 g/mol. The number of amidine groups is 1. The highest BCUT2D eigenvalue weighted by Gasteiger charge is 2.59. The van der Waals surface area contributed by atoms with E-state index >= 15 is 0 Å². The molecule has 106 valence electrons. The Labute approximate surface area is 102 Å². The fraction of sp³-hybridized carbons (Fsp3) is 0.333. The molecule has 1 aromatic heterocycles. The van der Waals surface area contributed by atoms with E-state index in [9.17, 15) is 26.3 Å². The minimum atomic E-state index is -5.60. The largest absolute Gasteiger partial charge is 0.470 e. The Morgan fingerprint density at radius 2 is 1.68 bits per heavy atom. The molecule has 0 amide bonds. The van der Waals surface area contributed by atoms with Crippen LogP contribution in [0, 0.1) is 5.41 Å². The third-order valence-electron chi connectivity index (χ3n) is 1.86. The predicted molar refractivity (Wildman–Crippen MR) is 51.8 cm³/mol.